The molecule has 0 amide bonds. The van der Waals surface area contributed by atoms with Crippen molar-refractivity contribution < 1.29 is 9.50 Å². The van der Waals surface area contributed by atoms with Crippen LogP contribution in [0, 0.1) is 12.7 Å². The van der Waals surface area contributed by atoms with Crippen LogP contribution in [0.4, 0.5) is 10.1 Å². The summed E-state index contributed by atoms with van der Waals surface area (Å²) in [4.78, 5) is 4.24. The molecule has 18 heavy (non-hydrogen) atoms. The van der Waals surface area contributed by atoms with Crippen molar-refractivity contribution in [3.8, 4) is 5.75 Å². The molecule has 0 radical (unpaired) electrons. The van der Waals surface area contributed by atoms with Gasteiger partial charge in [-0.1, -0.05) is 12.1 Å². The topological polar surface area (TPSA) is 45.2 Å². The highest BCUT2D eigenvalue weighted by molar-refractivity contribution is 9.10. The van der Waals surface area contributed by atoms with E-state index in [9.17, 15) is 9.50 Å². The van der Waals surface area contributed by atoms with Crippen molar-refractivity contribution in [3.63, 3.8) is 0 Å². The second kappa shape index (κ2) is 5.35. The molecule has 3 nitrogen and oxygen atoms in total. The maximum atomic E-state index is 13.1. The Morgan fingerprint density at radius 2 is 2.11 bits per heavy atom. The first-order valence-corrected chi connectivity index (χ1v) is 6.20. The summed E-state index contributed by atoms with van der Waals surface area (Å²) in [7, 11) is 0. The van der Waals surface area contributed by atoms with Gasteiger partial charge in [0.15, 0.2) is 11.6 Å². The van der Waals surface area contributed by atoms with Crippen LogP contribution in [0.1, 0.15) is 11.3 Å². The maximum Gasteiger partial charge on any atom is 0.165 e. The summed E-state index contributed by atoms with van der Waals surface area (Å²) in [5.74, 6) is -0.923. The average Bonchev–Trinajstić information content (AvgIpc) is 2.33. The van der Waals surface area contributed by atoms with E-state index in [0.29, 0.717) is 12.1 Å². The second-order valence-electron chi connectivity index (χ2n) is 3.87. The minimum Gasteiger partial charge on any atom is -0.505 e. The van der Waals surface area contributed by atoms with Crippen molar-refractivity contribution in [2.75, 3.05) is 5.32 Å². The van der Waals surface area contributed by atoms with Crippen LogP contribution < -0.4 is 5.32 Å². The lowest BCUT2D eigenvalue weighted by Crippen LogP contribution is -2.03. The van der Waals surface area contributed by atoms with E-state index < -0.39 is 5.82 Å². The fourth-order valence-corrected chi connectivity index (χ4v) is 2.01. The molecule has 0 saturated heterocycles. The van der Waals surface area contributed by atoms with Crippen molar-refractivity contribution in [2.45, 2.75) is 13.5 Å². The number of aromatic nitrogens is 1. The molecular formula is C13H12BrFN2O. The van der Waals surface area contributed by atoms with E-state index in [4.69, 9.17) is 0 Å². The molecule has 0 fully saturated rings. The molecule has 94 valence electrons. The molecule has 0 aliphatic heterocycles. The number of halogens is 2. The van der Waals surface area contributed by atoms with E-state index >= 15 is 0 Å². The van der Waals surface area contributed by atoms with Gasteiger partial charge in [0, 0.05) is 12.1 Å². The number of hydrogen-bond acceptors (Lipinski definition) is 3. The Morgan fingerprint density at radius 1 is 1.33 bits per heavy atom. The van der Waals surface area contributed by atoms with Gasteiger partial charge in [-0.3, -0.25) is 0 Å². The fourth-order valence-electron chi connectivity index (χ4n) is 1.61. The zero-order valence-corrected chi connectivity index (χ0v) is 11.3. The number of pyridine rings is 1. The minimum atomic E-state index is -0.611. The first-order valence-electron chi connectivity index (χ1n) is 5.41. The van der Waals surface area contributed by atoms with Gasteiger partial charge in [0.1, 0.15) is 4.60 Å². The normalized spacial score (nSPS) is 10.4. The van der Waals surface area contributed by atoms with Crippen LogP contribution in [0.25, 0.3) is 0 Å². The molecule has 2 N–H and O–H groups in total. The van der Waals surface area contributed by atoms with Crippen LogP contribution in [-0.4, -0.2) is 10.1 Å². The van der Waals surface area contributed by atoms with Gasteiger partial charge in [-0.05, 0) is 41.1 Å². The number of phenols is 1. The van der Waals surface area contributed by atoms with Gasteiger partial charge in [0.2, 0.25) is 0 Å². The summed E-state index contributed by atoms with van der Waals surface area (Å²) in [5, 5.41) is 12.7. The summed E-state index contributed by atoms with van der Waals surface area (Å²) < 4.78 is 13.9. The van der Waals surface area contributed by atoms with Gasteiger partial charge in [-0.25, -0.2) is 9.37 Å². The summed E-state index contributed by atoms with van der Waals surface area (Å²) >= 11 is 3.28. The van der Waals surface area contributed by atoms with Crippen LogP contribution >= 0.6 is 15.9 Å². The first kappa shape index (κ1) is 12.8. The van der Waals surface area contributed by atoms with E-state index in [2.05, 4.69) is 26.2 Å². The van der Waals surface area contributed by atoms with E-state index in [1.165, 1.54) is 6.07 Å². The third-order valence-corrected chi connectivity index (χ3v) is 3.03. The van der Waals surface area contributed by atoms with Crippen LogP contribution in [0.2, 0.25) is 0 Å². The Hall–Kier alpha value is -1.62. The Kier molecular flexibility index (Phi) is 3.81. The SMILES string of the molecule is Cc1nc(Br)ccc1NCc1cccc(F)c1O. The van der Waals surface area contributed by atoms with E-state index in [1.807, 2.05) is 19.1 Å². The van der Waals surface area contributed by atoms with Crippen LogP contribution in [0.15, 0.2) is 34.9 Å². The number of aromatic hydroxyl groups is 1. The molecule has 0 saturated carbocycles. The van der Waals surface area contributed by atoms with Crippen molar-refractivity contribution in [1.82, 2.24) is 4.98 Å². The van der Waals surface area contributed by atoms with Crippen LogP contribution in [0.5, 0.6) is 5.75 Å². The average molecular weight is 311 g/mol. The molecule has 0 bridgehead atoms. The van der Waals surface area contributed by atoms with Crippen molar-refractivity contribution >= 4 is 21.6 Å². The molecule has 1 aromatic carbocycles. The number of rotatable bonds is 3. The Balaban J connectivity index is 2.14. The molecule has 0 atom stereocenters. The zero-order valence-electron chi connectivity index (χ0n) is 9.74. The quantitative estimate of drug-likeness (QED) is 0.851. The number of benzene rings is 1. The maximum absolute atomic E-state index is 13.1. The highest BCUT2D eigenvalue weighted by atomic mass is 79.9. The third kappa shape index (κ3) is 2.79. The Bertz CT molecular complexity index is 575. The van der Waals surface area contributed by atoms with E-state index in [0.717, 1.165) is 16.0 Å². The first-order chi connectivity index (χ1) is 8.58. The molecule has 0 unspecified atom stereocenters. The van der Waals surface area contributed by atoms with Crippen LogP contribution in [0.3, 0.4) is 0 Å². The third-order valence-electron chi connectivity index (χ3n) is 2.59. The van der Waals surface area contributed by atoms with Gasteiger partial charge in [-0.15, -0.1) is 0 Å². The standard InChI is InChI=1S/C13H12BrFN2O/c1-8-11(5-6-12(14)17-8)16-7-9-3-2-4-10(15)13(9)18/h2-6,16,18H,7H2,1H3. The number of para-hydroxylation sites is 1. The molecule has 5 heteroatoms. The number of nitrogens with zero attached hydrogens (tertiary/aromatic N) is 1. The molecule has 0 aliphatic carbocycles. The smallest absolute Gasteiger partial charge is 0.165 e. The summed E-state index contributed by atoms with van der Waals surface area (Å²) in [5.41, 5.74) is 2.19. The van der Waals surface area contributed by atoms with Gasteiger partial charge < -0.3 is 10.4 Å². The van der Waals surface area contributed by atoms with Crippen LogP contribution in [-0.2, 0) is 6.54 Å². The monoisotopic (exact) mass is 310 g/mol. The second-order valence-corrected chi connectivity index (χ2v) is 4.68. The fraction of sp³-hybridized carbons (Fsp3) is 0.154. The minimum absolute atomic E-state index is 0.312. The lowest BCUT2D eigenvalue weighted by molar-refractivity contribution is 0.427. The number of anilines is 1. The van der Waals surface area contributed by atoms with Gasteiger partial charge >= 0.3 is 0 Å². The van der Waals surface area contributed by atoms with Crippen molar-refractivity contribution in [2.24, 2.45) is 0 Å². The van der Waals surface area contributed by atoms with Gasteiger partial charge in [-0.2, -0.15) is 0 Å². The summed E-state index contributed by atoms with van der Waals surface area (Å²) in [6, 6.07) is 8.17. The highest BCUT2D eigenvalue weighted by Gasteiger charge is 2.07. The number of aryl methyl sites for hydroxylation is 1. The largest absolute Gasteiger partial charge is 0.505 e. The lowest BCUT2D eigenvalue weighted by Gasteiger charge is -2.10. The predicted molar refractivity (Wildman–Crippen MR) is 72.1 cm³/mol. The van der Waals surface area contributed by atoms with Crippen molar-refractivity contribution in [3.05, 3.63) is 52.0 Å². The molecular weight excluding hydrogens is 299 g/mol. The Labute approximate surface area is 113 Å². The summed E-state index contributed by atoms with van der Waals surface area (Å²) in [6.45, 7) is 2.21. The number of phenolic OH excluding ortho intramolecular Hbond substituents is 1. The molecule has 0 aliphatic rings. The zero-order chi connectivity index (χ0) is 13.1. The number of hydrogen-bond donors (Lipinski definition) is 2. The Morgan fingerprint density at radius 3 is 2.83 bits per heavy atom. The van der Waals surface area contributed by atoms with E-state index in [1.54, 1.807) is 12.1 Å². The highest BCUT2D eigenvalue weighted by Crippen LogP contribution is 2.23. The lowest BCUT2D eigenvalue weighted by atomic mass is 10.2. The molecule has 1 heterocycles. The predicted octanol–water partition coefficient (Wildman–Crippen LogP) is 3.61. The molecule has 1 aromatic heterocycles. The molecule has 2 rings (SSSR count). The molecule has 2 aromatic rings. The van der Waals surface area contributed by atoms with Crippen molar-refractivity contribution in [1.29, 1.82) is 0 Å². The summed E-state index contributed by atoms with van der Waals surface area (Å²) in [6.07, 6.45) is 0. The van der Waals surface area contributed by atoms with Gasteiger partial charge in [0.05, 0.1) is 11.4 Å². The van der Waals surface area contributed by atoms with E-state index in [-0.39, 0.29) is 5.75 Å². The number of nitrogens with one attached hydrogen (secondary N) is 1. The molecule has 0 spiro atoms. The van der Waals surface area contributed by atoms with Gasteiger partial charge in [0.25, 0.3) is 0 Å².